The van der Waals surface area contributed by atoms with Gasteiger partial charge in [0.1, 0.15) is 23.4 Å². The van der Waals surface area contributed by atoms with Crippen LogP contribution in [-0.4, -0.2) is 52.1 Å². The van der Waals surface area contributed by atoms with Gasteiger partial charge in [0, 0.05) is 12.6 Å². The fourth-order valence-electron chi connectivity index (χ4n) is 4.75. The first-order chi connectivity index (χ1) is 17.4. The van der Waals surface area contributed by atoms with Gasteiger partial charge in [0.05, 0.1) is 0 Å². The Bertz CT molecular complexity index is 921. The number of aryl methyl sites for hydroxylation is 1. The maximum atomic E-state index is 14.1. The van der Waals surface area contributed by atoms with Crippen molar-refractivity contribution in [3.8, 4) is 5.75 Å². The first-order valence-corrected chi connectivity index (χ1v) is 13.8. The molecule has 1 aromatic carbocycles. The number of carbonyl (C=O) groups is 3. The number of ether oxygens (including phenoxy) is 1. The van der Waals surface area contributed by atoms with Crippen molar-refractivity contribution in [3.63, 3.8) is 0 Å². The second kappa shape index (κ2) is 13.7. The monoisotopic (exact) mass is 517 g/mol. The molecule has 1 aromatic rings. The van der Waals surface area contributed by atoms with Crippen LogP contribution < -0.4 is 10.6 Å². The zero-order chi connectivity index (χ0) is 27.8. The van der Waals surface area contributed by atoms with E-state index in [1.165, 1.54) is 6.42 Å². The van der Waals surface area contributed by atoms with E-state index in [0.29, 0.717) is 30.5 Å². The summed E-state index contributed by atoms with van der Waals surface area (Å²) in [5, 5.41) is 16.1. The van der Waals surface area contributed by atoms with E-state index >= 15 is 0 Å². The lowest BCUT2D eigenvalue weighted by Gasteiger charge is -2.37. The Labute approximate surface area is 222 Å². The Balaban J connectivity index is 2.47. The van der Waals surface area contributed by atoms with Crippen molar-refractivity contribution in [2.24, 2.45) is 5.92 Å². The molecule has 1 saturated carbocycles. The van der Waals surface area contributed by atoms with Gasteiger partial charge >= 0.3 is 6.09 Å². The Morgan fingerprint density at radius 1 is 1.14 bits per heavy atom. The Morgan fingerprint density at radius 2 is 1.78 bits per heavy atom. The van der Waals surface area contributed by atoms with E-state index in [-0.39, 0.29) is 29.5 Å². The number of alkyl carbamates (subject to hydrolysis) is 1. The molecular formula is C29H47N3O5. The summed E-state index contributed by atoms with van der Waals surface area (Å²) in [6.45, 7) is 13.3. The quantitative estimate of drug-likeness (QED) is 0.387. The highest BCUT2D eigenvalue weighted by molar-refractivity contribution is 5.92. The summed E-state index contributed by atoms with van der Waals surface area (Å²) in [4.78, 5) is 42.2. The van der Waals surface area contributed by atoms with Crippen molar-refractivity contribution in [3.05, 3.63) is 29.3 Å². The summed E-state index contributed by atoms with van der Waals surface area (Å²) in [5.74, 6) is -0.605. The van der Waals surface area contributed by atoms with Crippen LogP contribution in [0.4, 0.5) is 4.79 Å². The van der Waals surface area contributed by atoms with Gasteiger partial charge in [-0.25, -0.2) is 4.79 Å². The van der Waals surface area contributed by atoms with E-state index in [9.17, 15) is 19.5 Å². The first kappa shape index (κ1) is 30.5. The van der Waals surface area contributed by atoms with Gasteiger partial charge in [-0.05, 0) is 76.1 Å². The topological polar surface area (TPSA) is 108 Å². The van der Waals surface area contributed by atoms with Crippen LogP contribution in [0.15, 0.2) is 18.2 Å². The molecule has 1 fully saturated rings. The number of phenols is 1. The van der Waals surface area contributed by atoms with E-state index in [2.05, 4.69) is 10.6 Å². The van der Waals surface area contributed by atoms with Crippen molar-refractivity contribution < 1.29 is 24.2 Å². The van der Waals surface area contributed by atoms with E-state index in [0.717, 1.165) is 25.7 Å². The Morgan fingerprint density at radius 3 is 2.32 bits per heavy atom. The molecule has 3 N–H and O–H groups in total. The minimum Gasteiger partial charge on any atom is -0.508 e. The van der Waals surface area contributed by atoms with Gasteiger partial charge in [0.25, 0.3) is 0 Å². The number of carbonyl (C=O) groups excluding carboxylic acids is 3. The number of hydrogen-bond acceptors (Lipinski definition) is 5. The molecule has 2 rings (SSSR count). The molecule has 37 heavy (non-hydrogen) atoms. The van der Waals surface area contributed by atoms with Crippen molar-refractivity contribution in [2.45, 2.75) is 117 Å². The van der Waals surface area contributed by atoms with Gasteiger partial charge < -0.3 is 25.4 Å². The lowest BCUT2D eigenvalue weighted by molar-refractivity contribution is -0.143. The highest BCUT2D eigenvalue weighted by atomic mass is 16.6. The van der Waals surface area contributed by atoms with Crippen LogP contribution in [0.25, 0.3) is 0 Å². The van der Waals surface area contributed by atoms with E-state index < -0.39 is 23.8 Å². The number of amides is 3. The molecule has 3 amide bonds. The van der Waals surface area contributed by atoms with Crippen LogP contribution in [0, 0.1) is 12.8 Å². The summed E-state index contributed by atoms with van der Waals surface area (Å²) in [6.07, 6.45) is 5.78. The summed E-state index contributed by atoms with van der Waals surface area (Å²) in [7, 11) is 0. The van der Waals surface area contributed by atoms with Gasteiger partial charge in [-0.2, -0.15) is 0 Å². The average molecular weight is 518 g/mol. The van der Waals surface area contributed by atoms with Crippen LogP contribution in [-0.2, 0) is 14.3 Å². The molecule has 0 bridgehead atoms. The molecule has 8 nitrogen and oxygen atoms in total. The highest BCUT2D eigenvalue weighted by Crippen LogP contribution is 2.29. The predicted molar refractivity (Wildman–Crippen MR) is 145 cm³/mol. The Kier molecular flexibility index (Phi) is 11.3. The van der Waals surface area contributed by atoms with E-state index in [4.69, 9.17) is 4.74 Å². The fraction of sp³-hybridized carbons (Fsp3) is 0.690. The fourth-order valence-corrected chi connectivity index (χ4v) is 4.75. The molecule has 0 aliphatic heterocycles. The summed E-state index contributed by atoms with van der Waals surface area (Å²) >= 11 is 0. The lowest BCUT2D eigenvalue weighted by atomic mass is 9.93. The smallest absolute Gasteiger partial charge is 0.408 e. The van der Waals surface area contributed by atoms with Crippen molar-refractivity contribution in [2.75, 3.05) is 6.54 Å². The van der Waals surface area contributed by atoms with Gasteiger partial charge in [-0.1, -0.05) is 52.5 Å². The van der Waals surface area contributed by atoms with Crippen molar-refractivity contribution >= 4 is 17.9 Å². The minimum absolute atomic E-state index is 0.0748. The molecule has 0 radical (unpaired) electrons. The minimum atomic E-state index is -0.888. The molecule has 1 aliphatic rings. The van der Waals surface area contributed by atoms with Crippen LogP contribution >= 0.6 is 0 Å². The van der Waals surface area contributed by atoms with Crippen LogP contribution in [0.2, 0.25) is 0 Å². The lowest BCUT2D eigenvalue weighted by Crippen LogP contribution is -2.56. The normalized spacial score (nSPS) is 16.8. The van der Waals surface area contributed by atoms with E-state index in [1.807, 2.05) is 20.8 Å². The maximum absolute atomic E-state index is 14.1. The molecule has 0 aromatic heterocycles. The van der Waals surface area contributed by atoms with Gasteiger partial charge in [-0.15, -0.1) is 0 Å². The molecule has 0 saturated heterocycles. The molecular weight excluding hydrogens is 470 g/mol. The van der Waals surface area contributed by atoms with Crippen LogP contribution in [0.1, 0.15) is 104 Å². The number of phenolic OH excluding ortho intramolecular Hbond substituents is 1. The van der Waals surface area contributed by atoms with Crippen LogP contribution in [0.3, 0.4) is 0 Å². The Hall–Kier alpha value is -2.77. The number of nitrogens with one attached hydrogen (secondary N) is 2. The van der Waals surface area contributed by atoms with E-state index in [1.54, 1.807) is 50.8 Å². The number of nitrogens with zero attached hydrogens (tertiary/aromatic N) is 1. The molecule has 3 atom stereocenters. The first-order valence-electron chi connectivity index (χ1n) is 13.8. The third kappa shape index (κ3) is 8.93. The number of aromatic hydroxyl groups is 1. The summed E-state index contributed by atoms with van der Waals surface area (Å²) in [5.41, 5.74) is 0.551. The standard InChI is InChI=1S/C29H47N3O5/c1-8-17-32(27(35)24(19(3)9-2)31-28(36)37-29(5,6)7)25(21-15-16-23(33)20(4)18-21)26(34)30-22-13-11-10-12-14-22/h15-16,18-19,22,24-25,33H,8-14,17H2,1-7H3,(H,30,34)(H,31,36). The molecule has 0 spiro atoms. The SMILES string of the molecule is CCCN(C(=O)C(NC(=O)OC(C)(C)C)C(C)CC)C(C(=O)NC1CCCCC1)c1ccc(O)c(C)c1. The third-order valence-electron chi connectivity index (χ3n) is 6.95. The second-order valence-electron chi connectivity index (χ2n) is 11.3. The number of rotatable bonds is 10. The molecule has 1 aliphatic carbocycles. The molecule has 8 heteroatoms. The summed E-state index contributed by atoms with van der Waals surface area (Å²) < 4.78 is 5.45. The van der Waals surface area contributed by atoms with Gasteiger partial charge in [0.2, 0.25) is 11.8 Å². The molecule has 3 unspecified atom stereocenters. The zero-order valence-corrected chi connectivity index (χ0v) is 23.7. The largest absolute Gasteiger partial charge is 0.508 e. The van der Waals surface area contributed by atoms with Gasteiger partial charge in [0.15, 0.2) is 0 Å². The van der Waals surface area contributed by atoms with Gasteiger partial charge in [-0.3, -0.25) is 9.59 Å². The third-order valence-corrected chi connectivity index (χ3v) is 6.95. The molecule has 208 valence electrons. The number of hydrogen-bond donors (Lipinski definition) is 3. The van der Waals surface area contributed by atoms with Crippen LogP contribution in [0.5, 0.6) is 5.75 Å². The van der Waals surface area contributed by atoms with Crippen molar-refractivity contribution in [1.82, 2.24) is 15.5 Å². The number of benzene rings is 1. The van der Waals surface area contributed by atoms with Crippen molar-refractivity contribution in [1.29, 1.82) is 0 Å². The average Bonchev–Trinajstić information content (AvgIpc) is 2.83. The molecule has 0 heterocycles. The second-order valence-corrected chi connectivity index (χ2v) is 11.3. The predicted octanol–water partition coefficient (Wildman–Crippen LogP) is 5.37. The zero-order valence-electron chi connectivity index (χ0n) is 23.7. The summed E-state index contributed by atoms with van der Waals surface area (Å²) in [6, 6.07) is 3.35. The highest BCUT2D eigenvalue weighted by Gasteiger charge is 2.38. The maximum Gasteiger partial charge on any atom is 0.408 e.